The van der Waals surface area contributed by atoms with E-state index in [0.29, 0.717) is 6.54 Å². The molecule has 2 heterocycles. The number of hydrogen-bond acceptors (Lipinski definition) is 5. The molecule has 0 spiro atoms. The molecule has 0 aliphatic carbocycles. The lowest BCUT2D eigenvalue weighted by molar-refractivity contribution is -0.0261. The maximum Gasteiger partial charge on any atom is 0.150 e. The molecule has 2 atom stereocenters. The van der Waals surface area contributed by atoms with Crippen molar-refractivity contribution in [3.63, 3.8) is 0 Å². The Hall–Kier alpha value is -1.92. The van der Waals surface area contributed by atoms with Crippen LogP contribution < -0.4 is 4.74 Å². The summed E-state index contributed by atoms with van der Waals surface area (Å²) in [6.45, 7) is 5.58. The Morgan fingerprint density at radius 1 is 1.38 bits per heavy atom. The van der Waals surface area contributed by atoms with Crippen LogP contribution in [0.15, 0.2) is 24.3 Å². The third-order valence-corrected chi connectivity index (χ3v) is 4.93. The van der Waals surface area contributed by atoms with Gasteiger partial charge in [0.05, 0.1) is 13.7 Å². The van der Waals surface area contributed by atoms with Crippen LogP contribution in [0.5, 0.6) is 5.75 Å². The van der Waals surface area contributed by atoms with Crippen LogP contribution >= 0.6 is 0 Å². The minimum absolute atomic E-state index is 0.0565. The molecule has 6 nitrogen and oxygen atoms in total. The van der Waals surface area contributed by atoms with Gasteiger partial charge in [0.1, 0.15) is 23.0 Å². The van der Waals surface area contributed by atoms with Crippen molar-refractivity contribution < 1.29 is 9.84 Å². The Labute approximate surface area is 142 Å². The van der Waals surface area contributed by atoms with E-state index in [2.05, 4.69) is 20.1 Å². The highest BCUT2D eigenvalue weighted by atomic mass is 16.5. The zero-order valence-corrected chi connectivity index (χ0v) is 14.6. The van der Waals surface area contributed by atoms with Gasteiger partial charge in [0.2, 0.25) is 0 Å². The van der Waals surface area contributed by atoms with Crippen LogP contribution in [-0.4, -0.2) is 44.9 Å². The Bertz CT molecular complexity index is 666. The Morgan fingerprint density at radius 2 is 2.12 bits per heavy atom. The fraction of sp³-hybridized carbons (Fsp3) is 0.556. The van der Waals surface area contributed by atoms with E-state index >= 15 is 0 Å². The summed E-state index contributed by atoms with van der Waals surface area (Å²) in [4.78, 5) is 6.79. The summed E-state index contributed by atoms with van der Waals surface area (Å²) in [6, 6.07) is 7.74. The van der Waals surface area contributed by atoms with Crippen molar-refractivity contribution in [3.05, 3.63) is 41.5 Å². The molecule has 2 N–H and O–H groups in total. The van der Waals surface area contributed by atoms with Crippen molar-refractivity contribution in [1.29, 1.82) is 0 Å². The summed E-state index contributed by atoms with van der Waals surface area (Å²) in [7, 11) is 1.65. The van der Waals surface area contributed by atoms with Crippen LogP contribution in [0.1, 0.15) is 43.9 Å². The second-order valence-electron chi connectivity index (χ2n) is 6.56. The number of aromatic amines is 1. The minimum atomic E-state index is -0.920. The number of rotatable bonds is 6. The highest BCUT2D eigenvalue weighted by Gasteiger charge is 2.40. The minimum Gasteiger partial charge on any atom is -0.497 e. The van der Waals surface area contributed by atoms with E-state index in [1.807, 2.05) is 38.1 Å². The number of aryl methyl sites for hydroxylation is 1. The first-order valence-electron chi connectivity index (χ1n) is 8.55. The molecule has 1 aromatic carbocycles. The number of hydrogen-bond donors (Lipinski definition) is 2. The van der Waals surface area contributed by atoms with Gasteiger partial charge in [0, 0.05) is 12.5 Å². The maximum atomic E-state index is 11.2. The summed E-state index contributed by atoms with van der Waals surface area (Å²) in [6.07, 6.45) is 2.86. The Morgan fingerprint density at radius 3 is 2.75 bits per heavy atom. The second kappa shape index (κ2) is 6.91. The van der Waals surface area contributed by atoms with Crippen molar-refractivity contribution in [1.82, 2.24) is 20.1 Å². The maximum absolute atomic E-state index is 11.2. The van der Waals surface area contributed by atoms with E-state index in [-0.39, 0.29) is 6.04 Å². The molecule has 6 heteroatoms. The van der Waals surface area contributed by atoms with Crippen LogP contribution in [0.25, 0.3) is 0 Å². The predicted molar refractivity (Wildman–Crippen MR) is 91.8 cm³/mol. The van der Waals surface area contributed by atoms with Crippen molar-refractivity contribution in [2.24, 2.45) is 0 Å². The van der Waals surface area contributed by atoms with Gasteiger partial charge in [-0.15, -0.1) is 0 Å². The van der Waals surface area contributed by atoms with Crippen LogP contribution in [0.3, 0.4) is 0 Å². The third-order valence-electron chi connectivity index (χ3n) is 4.93. The number of aliphatic hydroxyl groups is 1. The fourth-order valence-electron chi connectivity index (χ4n) is 3.53. The number of nitrogens with zero attached hydrogens (tertiary/aromatic N) is 3. The zero-order valence-electron chi connectivity index (χ0n) is 14.6. The van der Waals surface area contributed by atoms with Gasteiger partial charge in [-0.2, -0.15) is 5.10 Å². The second-order valence-corrected chi connectivity index (χ2v) is 6.56. The summed E-state index contributed by atoms with van der Waals surface area (Å²) in [5.41, 5.74) is -0.0110. The third kappa shape index (κ3) is 3.30. The molecule has 1 aliphatic heterocycles. The van der Waals surface area contributed by atoms with Gasteiger partial charge >= 0.3 is 0 Å². The lowest BCUT2D eigenvalue weighted by Crippen LogP contribution is -2.45. The zero-order chi connectivity index (χ0) is 17.2. The molecule has 0 radical (unpaired) electrons. The van der Waals surface area contributed by atoms with Gasteiger partial charge in [0.25, 0.3) is 0 Å². The number of ether oxygens (including phenoxy) is 1. The summed E-state index contributed by atoms with van der Waals surface area (Å²) < 4.78 is 5.21. The van der Waals surface area contributed by atoms with E-state index in [4.69, 9.17) is 4.74 Å². The first kappa shape index (κ1) is 16.9. The standard InChI is InChI=1S/C18H26N4O2/c1-4-16-19-17(21-20-16)12-22-11-5-6-15(22)18(2,23)13-7-9-14(24-3)10-8-13/h7-10,15,23H,4-6,11-12H2,1-3H3,(H,19,20,21)/t15-,18-/m0/s1. The lowest BCUT2D eigenvalue weighted by Gasteiger charge is -2.36. The molecular weight excluding hydrogens is 304 g/mol. The van der Waals surface area contributed by atoms with Gasteiger partial charge in [0.15, 0.2) is 0 Å². The molecular formula is C18H26N4O2. The Balaban J connectivity index is 1.77. The largest absolute Gasteiger partial charge is 0.497 e. The van der Waals surface area contributed by atoms with Crippen LogP contribution in [0.2, 0.25) is 0 Å². The van der Waals surface area contributed by atoms with E-state index in [1.165, 1.54) is 0 Å². The highest BCUT2D eigenvalue weighted by Crippen LogP contribution is 2.35. The van der Waals surface area contributed by atoms with Crippen LogP contribution in [0.4, 0.5) is 0 Å². The van der Waals surface area contributed by atoms with Gasteiger partial charge in [-0.25, -0.2) is 4.98 Å². The molecule has 1 saturated heterocycles. The quantitative estimate of drug-likeness (QED) is 0.850. The molecule has 1 aromatic heterocycles. The van der Waals surface area contributed by atoms with Crippen LogP contribution in [-0.2, 0) is 18.6 Å². The topological polar surface area (TPSA) is 74.3 Å². The number of methoxy groups -OCH3 is 1. The molecule has 0 amide bonds. The smallest absolute Gasteiger partial charge is 0.150 e. The molecule has 130 valence electrons. The molecule has 3 rings (SSSR count). The number of aromatic nitrogens is 3. The van der Waals surface area contributed by atoms with Crippen molar-refractivity contribution in [3.8, 4) is 5.75 Å². The van der Waals surface area contributed by atoms with E-state index in [0.717, 1.165) is 48.8 Å². The summed E-state index contributed by atoms with van der Waals surface area (Å²) >= 11 is 0. The first-order valence-corrected chi connectivity index (χ1v) is 8.55. The SMILES string of the molecule is CCc1n[nH]c(CN2CCC[C@H]2[C@@](C)(O)c2ccc(OC)cc2)n1. The van der Waals surface area contributed by atoms with Crippen LogP contribution in [0, 0.1) is 0 Å². The molecule has 1 fully saturated rings. The molecule has 0 bridgehead atoms. The summed E-state index contributed by atoms with van der Waals surface area (Å²) in [5.74, 6) is 2.50. The van der Waals surface area contributed by atoms with Gasteiger partial charge in [-0.3, -0.25) is 10.00 Å². The van der Waals surface area contributed by atoms with E-state index in [1.54, 1.807) is 7.11 Å². The number of H-pyrrole nitrogens is 1. The van der Waals surface area contributed by atoms with Crippen molar-refractivity contribution in [2.75, 3.05) is 13.7 Å². The average molecular weight is 330 g/mol. The molecule has 0 unspecified atom stereocenters. The predicted octanol–water partition coefficient (Wildman–Crippen LogP) is 2.25. The van der Waals surface area contributed by atoms with Gasteiger partial charge < -0.3 is 9.84 Å². The molecule has 2 aromatic rings. The number of benzene rings is 1. The fourth-order valence-corrected chi connectivity index (χ4v) is 3.53. The monoisotopic (exact) mass is 330 g/mol. The van der Waals surface area contributed by atoms with E-state index < -0.39 is 5.60 Å². The first-order chi connectivity index (χ1) is 11.5. The Kier molecular flexibility index (Phi) is 4.87. The normalized spacial score (nSPS) is 20.9. The number of nitrogens with one attached hydrogen (secondary N) is 1. The van der Waals surface area contributed by atoms with Crippen molar-refractivity contribution in [2.45, 2.75) is 51.3 Å². The van der Waals surface area contributed by atoms with Gasteiger partial charge in [-0.1, -0.05) is 19.1 Å². The van der Waals surface area contributed by atoms with E-state index in [9.17, 15) is 5.11 Å². The summed E-state index contributed by atoms with van der Waals surface area (Å²) in [5, 5.41) is 18.4. The van der Waals surface area contributed by atoms with Crippen molar-refractivity contribution >= 4 is 0 Å². The molecule has 1 aliphatic rings. The van der Waals surface area contributed by atoms with Gasteiger partial charge in [-0.05, 0) is 44.0 Å². The molecule has 0 saturated carbocycles. The highest BCUT2D eigenvalue weighted by molar-refractivity contribution is 5.31. The lowest BCUT2D eigenvalue weighted by atomic mass is 9.86. The number of likely N-dealkylation sites (tertiary alicyclic amines) is 1. The average Bonchev–Trinajstić information content (AvgIpc) is 3.25. The molecule has 24 heavy (non-hydrogen) atoms.